The molecule has 0 nitrogen and oxygen atoms in total. The number of halogens is 4. The molecular formula is C41H44Cl4Zr. The van der Waals surface area contributed by atoms with Gasteiger partial charge in [-0.25, -0.2) is 0 Å². The predicted molar refractivity (Wildman–Crippen MR) is 203 cm³/mol. The maximum absolute atomic E-state index is 6.86. The van der Waals surface area contributed by atoms with Gasteiger partial charge in [-0.3, -0.25) is 0 Å². The van der Waals surface area contributed by atoms with Gasteiger partial charge in [0.05, 0.1) is 0 Å². The maximum Gasteiger partial charge on any atom is -0.147 e. The average Bonchev–Trinajstić information content (AvgIpc) is 3.61. The molecule has 6 rings (SSSR count). The van der Waals surface area contributed by atoms with E-state index in [1.807, 2.05) is 24.3 Å². The summed E-state index contributed by atoms with van der Waals surface area (Å²) in [5.41, 5.74) is 11.3. The fourth-order valence-corrected chi connectivity index (χ4v) is 16.3. The van der Waals surface area contributed by atoms with Crippen LogP contribution in [0.2, 0.25) is 10.0 Å². The van der Waals surface area contributed by atoms with Crippen molar-refractivity contribution >= 4 is 51.2 Å². The number of hydrogen-bond acceptors (Lipinski definition) is 0. The molecule has 0 aliphatic heterocycles. The molecule has 5 heteroatoms. The van der Waals surface area contributed by atoms with Crippen LogP contribution in [0.1, 0.15) is 85.0 Å². The molecule has 0 heterocycles. The second-order valence-corrected chi connectivity index (χ2v) is 22.0. The van der Waals surface area contributed by atoms with E-state index in [1.54, 1.807) is 6.49 Å². The van der Waals surface area contributed by atoms with Crippen molar-refractivity contribution < 1.29 is 21.3 Å². The fraction of sp³-hybridized carbons (Fsp3) is 0.293. The molecule has 4 aromatic carbocycles. The summed E-state index contributed by atoms with van der Waals surface area (Å²) in [5.74, 6) is 0. The Morgan fingerprint density at radius 3 is 1.52 bits per heavy atom. The van der Waals surface area contributed by atoms with E-state index >= 15 is 0 Å². The molecule has 2 aliphatic rings. The van der Waals surface area contributed by atoms with Crippen molar-refractivity contribution in [3.05, 3.63) is 150 Å². The number of rotatable bonds is 6. The van der Waals surface area contributed by atoms with E-state index in [0.717, 1.165) is 29.3 Å². The second-order valence-electron chi connectivity index (χ2n) is 14.4. The molecule has 2 aliphatic carbocycles. The number of allylic oxidation sites excluding steroid dienone is 4. The summed E-state index contributed by atoms with van der Waals surface area (Å²) in [5, 5.41) is 1.70. The molecule has 240 valence electrons. The van der Waals surface area contributed by atoms with Crippen LogP contribution in [-0.2, 0) is 44.9 Å². The molecular weight excluding hydrogens is 725 g/mol. The number of fused-ring (bicyclic) bond motifs is 3. The minimum atomic E-state index is -2.67. The zero-order valence-corrected chi connectivity index (χ0v) is 33.2. The summed E-state index contributed by atoms with van der Waals surface area (Å²) in [6.45, 7) is 13.9. The van der Waals surface area contributed by atoms with Crippen molar-refractivity contribution in [3.63, 3.8) is 0 Å². The maximum atomic E-state index is 6.86. The van der Waals surface area contributed by atoms with Gasteiger partial charge < -0.3 is 0 Å². The van der Waals surface area contributed by atoms with Crippen molar-refractivity contribution in [2.45, 2.75) is 75.3 Å². The third-order valence-corrected chi connectivity index (χ3v) is 18.3. The van der Waals surface area contributed by atoms with Crippen LogP contribution in [0, 0.1) is 0 Å². The van der Waals surface area contributed by atoms with Gasteiger partial charge in [-0.15, -0.1) is 24.8 Å². The average molecular weight is 770 g/mol. The summed E-state index contributed by atoms with van der Waals surface area (Å²) in [4.78, 5) is 0. The van der Waals surface area contributed by atoms with Crippen LogP contribution < -0.4 is 0 Å². The number of hydrogen-bond donors (Lipinski definition) is 0. The Bertz CT molecular complexity index is 1720. The Kier molecular flexibility index (Phi) is 11.9. The summed E-state index contributed by atoms with van der Waals surface area (Å²) in [6.07, 6.45) is 9.89. The largest absolute Gasteiger partial charge is 0.147 e. The van der Waals surface area contributed by atoms with Crippen LogP contribution >= 0.6 is 48.0 Å². The predicted octanol–water partition coefficient (Wildman–Crippen LogP) is 12.6. The van der Waals surface area contributed by atoms with Gasteiger partial charge in [0.1, 0.15) is 0 Å². The Morgan fingerprint density at radius 1 is 0.674 bits per heavy atom. The third kappa shape index (κ3) is 7.61. The van der Waals surface area contributed by atoms with Gasteiger partial charge in [0, 0.05) is 0 Å². The van der Waals surface area contributed by atoms with E-state index in [0.29, 0.717) is 3.63 Å². The minimum Gasteiger partial charge on any atom is -0.147 e. The van der Waals surface area contributed by atoms with Crippen LogP contribution in [0.5, 0.6) is 0 Å². The zero-order chi connectivity index (χ0) is 31.2. The van der Waals surface area contributed by atoms with Crippen LogP contribution in [0.25, 0.3) is 11.1 Å². The van der Waals surface area contributed by atoms with E-state index in [9.17, 15) is 0 Å². The van der Waals surface area contributed by atoms with Gasteiger partial charge in [-0.2, -0.15) is 0 Å². The molecule has 0 spiro atoms. The Balaban J connectivity index is 0.00000240. The molecule has 0 N–H and O–H groups in total. The monoisotopic (exact) mass is 766 g/mol. The molecule has 46 heavy (non-hydrogen) atoms. The molecule has 4 aromatic rings. The van der Waals surface area contributed by atoms with Crippen molar-refractivity contribution in [3.8, 4) is 11.1 Å². The van der Waals surface area contributed by atoms with Gasteiger partial charge in [0.2, 0.25) is 0 Å². The van der Waals surface area contributed by atoms with E-state index in [2.05, 4.69) is 120 Å². The molecule has 0 amide bonds. The summed E-state index contributed by atoms with van der Waals surface area (Å²) >= 11 is 11.1. The zero-order valence-electron chi connectivity index (χ0n) is 27.6. The van der Waals surface area contributed by atoms with E-state index < -0.39 is 21.3 Å². The van der Waals surface area contributed by atoms with Gasteiger partial charge in [0.25, 0.3) is 0 Å². The van der Waals surface area contributed by atoms with Crippen LogP contribution in [0.3, 0.4) is 0 Å². The molecule has 0 saturated carbocycles. The van der Waals surface area contributed by atoms with Crippen molar-refractivity contribution in [1.82, 2.24) is 0 Å². The topological polar surface area (TPSA) is 0 Å². The minimum absolute atomic E-state index is 0. The quantitative estimate of drug-likeness (QED) is 0.183. The van der Waals surface area contributed by atoms with E-state index in [1.165, 1.54) is 44.5 Å². The van der Waals surface area contributed by atoms with E-state index in [-0.39, 0.29) is 35.6 Å². The van der Waals surface area contributed by atoms with Crippen molar-refractivity contribution in [1.29, 1.82) is 0 Å². The first-order valence-electron chi connectivity index (χ1n) is 15.8. The van der Waals surface area contributed by atoms with Crippen LogP contribution in [0.15, 0.2) is 106 Å². The molecule has 0 aromatic heterocycles. The van der Waals surface area contributed by atoms with Crippen LogP contribution in [0.4, 0.5) is 0 Å². The summed E-state index contributed by atoms with van der Waals surface area (Å²) < 4.78 is 3.70. The SMILES string of the molecule is CC(C)(C)c1ccc2c(c1)-c1cc(C(C)(C)C)ccc1[CH]2[Zr]([C]1=CC=CC1)=[C](Cc1ccccc1Cl)Cc1ccccc1Cl.Cl.Cl. The van der Waals surface area contributed by atoms with Crippen molar-refractivity contribution in [2.24, 2.45) is 0 Å². The molecule has 0 atom stereocenters. The van der Waals surface area contributed by atoms with Crippen molar-refractivity contribution in [2.75, 3.05) is 0 Å². The molecule has 0 fully saturated rings. The van der Waals surface area contributed by atoms with Gasteiger partial charge in [-0.1, -0.05) is 0 Å². The Hall–Kier alpha value is -1.73. The van der Waals surface area contributed by atoms with Crippen LogP contribution in [-0.4, -0.2) is 3.21 Å². The van der Waals surface area contributed by atoms with Gasteiger partial charge >= 0.3 is 284 Å². The fourth-order valence-electron chi connectivity index (χ4n) is 6.75. The molecule has 0 saturated heterocycles. The molecule has 0 unspecified atom stereocenters. The number of benzene rings is 4. The molecule has 0 radical (unpaired) electrons. The summed E-state index contributed by atoms with van der Waals surface area (Å²) in [7, 11) is 0. The van der Waals surface area contributed by atoms with Gasteiger partial charge in [-0.05, 0) is 0 Å². The van der Waals surface area contributed by atoms with Gasteiger partial charge in [0.15, 0.2) is 0 Å². The summed E-state index contributed by atoms with van der Waals surface area (Å²) in [6, 6.07) is 31.5. The first-order valence-corrected chi connectivity index (χ1v) is 20.4. The normalized spacial score (nSPS) is 13.8. The standard InChI is InChI=1S/C21H25.C15H12Cl2.C5H5.2ClH.Zr/c1-20(2,3)16-9-7-14-11-15-8-10-17(21(4,5)6)13-19(15)18(14)12-16;16-14-10-3-1-6-12(14)8-5-9-13-7-2-4-11-15(13)17;1-2-4-5-3-1;;;/h7-13H,1-6H3;1-4,6-7,10-11H,8-9H2;1-3H,4H2;2*1H;. The smallest absolute Gasteiger partial charge is 0.147 e. The first kappa shape index (κ1) is 37.1. The Labute approximate surface area is 306 Å². The first-order chi connectivity index (χ1) is 20.9. The molecule has 0 bridgehead atoms. The second kappa shape index (κ2) is 14.8. The van der Waals surface area contributed by atoms with E-state index in [4.69, 9.17) is 23.2 Å². The Morgan fingerprint density at radius 2 is 1.13 bits per heavy atom. The third-order valence-electron chi connectivity index (χ3n) is 9.26.